The van der Waals surface area contributed by atoms with E-state index >= 15 is 0 Å². The standard InChI is InChI=1S/C23H17NO2S/c25-22(14-13-21-24-19-11-5-6-12-20(19)27-21)26-23-17-9-3-1-7-15(17)16-8-2-4-10-18(16)23/h1-12,23H,13-14H2. The minimum Gasteiger partial charge on any atom is -0.452 e. The van der Waals surface area contributed by atoms with Crippen LogP contribution in [-0.4, -0.2) is 11.0 Å². The van der Waals surface area contributed by atoms with Crippen LogP contribution in [0.1, 0.15) is 28.7 Å². The molecule has 27 heavy (non-hydrogen) atoms. The number of benzene rings is 3. The Morgan fingerprint density at radius 2 is 1.52 bits per heavy atom. The van der Waals surface area contributed by atoms with Gasteiger partial charge in [0.25, 0.3) is 0 Å². The summed E-state index contributed by atoms with van der Waals surface area (Å²) < 4.78 is 7.05. The lowest BCUT2D eigenvalue weighted by molar-refractivity contribution is -0.147. The lowest BCUT2D eigenvalue weighted by Crippen LogP contribution is -2.11. The van der Waals surface area contributed by atoms with Crippen LogP contribution in [0.25, 0.3) is 21.3 Å². The molecule has 0 atom stereocenters. The molecule has 3 nitrogen and oxygen atoms in total. The van der Waals surface area contributed by atoms with Crippen LogP contribution in [0.5, 0.6) is 0 Å². The van der Waals surface area contributed by atoms with Crippen LogP contribution in [0.15, 0.2) is 72.8 Å². The fourth-order valence-electron chi connectivity index (χ4n) is 3.66. The van der Waals surface area contributed by atoms with Crippen LogP contribution in [0.3, 0.4) is 0 Å². The van der Waals surface area contributed by atoms with Gasteiger partial charge < -0.3 is 4.74 Å². The Hall–Kier alpha value is -2.98. The number of hydrogen-bond donors (Lipinski definition) is 0. The number of hydrogen-bond acceptors (Lipinski definition) is 4. The fourth-order valence-corrected chi connectivity index (χ4v) is 4.63. The molecule has 5 rings (SSSR count). The topological polar surface area (TPSA) is 39.2 Å². The monoisotopic (exact) mass is 371 g/mol. The number of nitrogens with zero attached hydrogens (tertiary/aromatic N) is 1. The number of carbonyl (C=O) groups is 1. The summed E-state index contributed by atoms with van der Waals surface area (Å²) in [6, 6.07) is 24.3. The van der Waals surface area contributed by atoms with Crippen molar-refractivity contribution in [1.29, 1.82) is 0 Å². The third-order valence-corrected chi connectivity index (χ3v) is 6.00. The smallest absolute Gasteiger partial charge is 0.307 e. The quantitative estimate of drug-likeness (QED) is 0.442. The Morgan fingerprint density at radius 1 is 0.889 bits per heavy atom. The summed E-state index contributed by atoms with van der Waals surface area (Å²) in [5.41, 5.74) is 5.41. The van der Waals surface area contributed by atoms with E-state index in [2.05, 4.69) is 23.2 Å². The van der Waals surface area contributed by atoms with Gasteiger partial charge in [0.2, 0.25) is 0 Å². The average molecular weight is 371 g/mol. The van der Waals surface area contributed by atoms with Gasteiger partial charge in [0, 0.05) is 17.5 Å². The summed E-state index contributed by atoms with van der Waals surface area (Å²) in [4.78, 5) is 17.2. The van der Waals surface area contributed by atoms with Crippen molar-refractivity contribution < 1.29 is 9.53 Å². The molecule has 0 unspecified atom stereocenters. The Kier molecular flexibility index (Phi) is 3.98. The van der Waals surface area contributed by atoms with E-state index < -0.39 is 0 Å². The number of carbonyl (C=O) groups excluding carboxylic acids is 1. The van der Waals surface area contributed by atoms with Crippen molar-refractivity contribution in [3.8, 4) is 11.1 Å². The summed E-state index contributed by atoms with van der Waals surface area (Å²) in [5, 5.41) is 0.973. The second kappa shape index (κ2) is 6.63. The van der Waals surface area contributed by atoms with Crippen LogP contribution in [0.2, 0.25) is 0 Å². The maximum Gasteiger partial charge on any atom is 0.307 e. The van der Waals surface area contributed by atoms with Gasteiger partial charge in [-0.15, -0.1) is 11.3 Å². The highest BCUT2D eigenvalue weighted by Gasteiger charge is 2.30. The lowest BCUT2D eigenvalue weighted by Gasteiger charge is -2.14. The van der Waals surface area contributed by atoms with Gasteiger partial charge in [-0.1, -0.05) is 60.7 Å². The molecule has 3 aromatic carbocycles. The van der Waals surface area contributed by atoms with Crippen molar-refractivity contribution in [2.45, 2.75) is 18.9 Å². The zero-order valence-electron chi connectivity index (χ0n) is 14.6. The molecule has 0 N–H and O–H groups in total. The minimum atomic E-state index is -0.319. The second-order valence-corrected chi connectivity index (χ2v) is 7.73. The molecule has 1 aromatic heterocycles. The van der Waals surface area contributed by atoms with E-state index in [0.717, 1.165) is 37.5 Å². The fraction of sp³-hybridized carbons (Fsp3) is 0.130. The van der Waals surface area contributed by atoms with E-state index in [1.807, 2.05) is 54.6 Å². The molecule has 0 saturated heterocycles. The maximum atomic E-state index is 12.6. The minimum absolute atomic E-state index is 0.189. The predicted octanol–water partition coefficient (Wildman–Crippen LogP) is 5.54. The van der Waals surface area contributed by atoms with Gasteiger partial charge in [0.05, 0.1) is 21.6 Å². The number of thiazole rings is 1. The van der Waals surface area contributed by atoms with E-state index in [0.29, 0.717) is 12.8 Å². The van der Waals surface area contributed by atoms with Crippen molar-refractivity contribution in [1.82, 2.24) is 4.98 Å². The number of aryl methyl sites for hydroxylation is 1. The molecule has 1 aliphatic rings. The molecule has 4 aromatic rings. The number of ether oxygens (including phenoxy) is 1. The second-order valence-electron chi connectivity index (χ2n) is 6.62. The zero-order chi connectivity index (χ0) is 18.2. The number of esters is 1. The molecular formula is C23H17NO2S. The van der Waals surface area contributed by atoms with Gasteiger partial charge in [-0.3, -0.25) is 4.79 Å². The highest BCUT2D eigenvalue weighted by molar-refractivity contribution is 7.18. The van der Waals surface area contributed by atoms with E-state index in [1.54, 1.807) is 11.3 Å². The van der Waals surface area contributed by atoms with Gasteiger partial charge in [-0.05, 0) is 23.3 Å². The van der Waals surface area contributed by atoms with E-state index in [1.165, 1.54) is 0 Å². The Balaban J connectivity index is 1.33. The molecule has 0 fully saturated rings. The van der Waals surface area contributed by atoms with E-state index in [-0.39, 0.29) is 12.1 Å². The van der Waals surface area contributed by atoms with Gasteiger partial charge >= 0.3 is 5.97 Å². The van der Waals surface area contributed by atoms with Crippen molar-refractivity contribution in [2.75, 3.05) is 0 Å². The van der Waals surface area contributed by atoms with E-state index in [9.17, 15) is 4.79 Å². The summed E-state index contributed by atoms with van der Waals surface area (Å²) in [6.45, 7) is 0. The Bertz CT molecular complexity index is 1070. The summed E-state index contributed by atoms with van der Waals surface area (Å²) in [6.07, 6.45) is 0.620. The molecule has 0 spiro atoms. The maximum absolute atomic E-state index is 12.6. The van der Waals surface area contributed by atoms with Crippen molar-refractivity contribution >= 4 is 27.5 Å². The lowest BCUT2D eigenvalue weighted by atomic mass is 10.1. The van der Waals surface area contributed by atoms with E-state index in [4.69, 9.17) is 4.74 Å². The molecule has 0 saturated carbocycles. The Labute approximate surface area is 161 Å². The first-order valence-electron chi connectivity index (χ1n) is 9.02. The predicted molar refractivity (Wildman–Crippen MR) is 108 cm³/mol. The first kappa shape index (κ1) is 16.2. The zero-order valence-corrected chi connectivity index (χ0v) is 15.4. The Morgan fingerprint density at radius 3 is 2.22 bits per heavy atom. The number of aromatic nitrogens is 1. The van der Waals surface area contributed by atoms with Crippen LogP contribution < -0.4 is 0 Å². The highest BCUT2D eigenvalue weighted by Crippen LogP contribution is 2.45. The first-order valence-corrected chi connectivity index (χ1v) is 9.83. The molecular weight excluding hydrogens is 354 g/mol. The third-order valence-electron chi connectivity index (χ3n) is 4.91. The van der Waals surface area contributed by atoms with Gasteiger partial charge in [0.15, 0.2) is 6.10 Å². The summed E-state index contributed by atoms with van der Waals surface area (Å²) in [5.74, 6) is -0.189. The molecule has 0 bridgehead atoms. The molecule has 1 heterocycles. The van der Waals surface area contributed by atoms with Crippen LogP contribution in [0.4, 0.5) is 0 Å². The number of fused-ring (bicyclic) bond motifs is 4. The first-order chi connectivity index (χ1) is 13.3. The summed E-state index contributed by atoms with van der Waals surface area (Å²) >= 11 is 1.64. The molecule has 1 aliphatic carbocycles. The number of para-hydroxylation sites is 1. The van der Waals surface area contributed by atoms with Gasteiger partial charge in [-0.2, -0.15) is 0 Å². The molecule has 0 amide bonds. The van der Waals surface area contributed by atoms with Crippen LogP contribution in [0, 0.1) is 0 Å². The van der Waals surface area contributed by atoms with Crippen molar-refractivity contribution in [3.05, 3.63) is 88.9 Å². The van der Waals surface area contributed by atoms with Crippen molar-refractivity contribution in [3.63, 3.8) is 0 Å². The summed E-state index contributed by atoms with van der Waals surface area (Å²) in [7, 11) is 0. The molecule has 4 heteroatoms. The SMILES string of the molecule is O=C(CCc1nc2ccccc2s1)OC1c2ccccc2-c2ccccc21. The van der Waals surface area contributed by atoms with Gasteiger partial charge in [0.1, 0.15) is 0 Å². The van der Waals surface area contributed by atoms with Crippen LogP contribution in [-0.2, 0) is 16.0 Å². The normalized spacial score (nSPS) is 12.7. The highest BCUT2D eigenvalue weighted by atomic mass is 32.1. The average Bonchev–Trinajstić information content (AvgIpc) is 3.26. The van der Waals surface area contributed by atoms with Gasteiger partial charge in [-0.25, -0.2) is 4.98 Å². The van der Waals surface area contributed by atoms with Crippen molar-refractivity contribution in [2.24, 2.45) is 0 Å². The largest absolute Gasteiger partial charge is 0.452 e. The number of rotatable bonds is 4. The molecule has 0 radical (unpaired) electrons. The van der Waals surface area contributed by atoms with Crippen LogP contribution >= 0.6 is 11.3 Å². The molecule has 0 aliphatic heterocycles. The third kappa shape index (κ3) is 2.92. The molecule has 132 valence electrons.